The van der Waals surface area contributed by atoms with Crippen LogP contribution in [0.4, 0.5) is 30.9 Å². The largest absolute Gasteiger partial charge is 0.419 e. The Morgan fingerprint density at radius 3 is 1.94 bits per heavy atom. The van der Waals surface area contributed by atoms with Crippen LogP contribution in [-0.4, -0.2) is 37.5 Å². The van der Waals surface area contributed by atoms with E-state index >= 15 is 0 Å². The standard InChI is InChI=1S/C6H5F7O3/c7-5(8,9)2-1-14-3(6(10,11)12)4(15-2)16-13/h2-4H,1H2. The minimum atomic E-state index is -5.08. The van der Waals surface area contributed by atoms with Crippen LogP contribution in [0.25, 0.3) is 0 Å². The highest BCUT2D eigenvalue weighted by Gasteiger charge is 2.56. The van der Waals surface area contributed by atoms with E-state index in [-0.39, 0.29) is 0 Å². The van der Waals surface area contributed by atoms with Crippen LogP contribution >= 0.6 is 0 Å². The highest BCUT2D eigenvalue weighted by molar-refractivity contribution is 4.80. The highest BCUT2D eigenvalue weighted by Crippen LogP contribution is 2.35. The molecule has 1 heterocycles. The fourth-order valence-electron chi connectivity index (χ4n) is 1.03. The minimum absolute atomic E-state index is 1.37. The van der Waals surface area contributed by atoms with Crippen LogP contribution in [0, 0.1) is 0 Å². The molecule has 1 aliphatic heterocycles. The Balaban J connectivity index is 2.72. The molecule has 0 aromatic carbocycles. The molecule has 1 saturated heterocycles. The van der Waals surface area contributed by atoms with Crippen molar-refractivity contribution < 1.29 is 45.3 Å². The van der Waals surface area contributed by atoms with Gasteiger partial charge in [-0.3, -0.25) is 0 Å². The maximum Gasteiger partial charge on any atom is 0.419 e. The molecule has 3 nitrogen and oxygen atoms in total. The van der Waals surface area contributed by atoms with Crippen molar-refractivity contribution >= 4 is 0 Å². The fourth-order valence-corrected chi connectivity index (χ4v) is 1.03. The van der Waals surface area contributed by atoms with Crippen molar-refractivity contribution in [3.63, 3.8) is 0 Å². The Bertz CT molecular complexity index is 237. The summed E-state index contributed by atoms with van der Waals surface area (Å²) >= 11 is 0. The Morgan fingerprint density at radius 1 is 1.00 bits per heavy atom. The molecular formula is C6H5F7O3. The lowest BCUT2D eigenvalue weighted by molar-refractivity contribution is -0.415. The number of rotatable bonds is 1. The molecule has 3 atom stereocenters. The number of alkyl halides is 6. The first-order valence-corrected chi connectivity index (χ1v) is 3.84. The van der Waals surface area contributed by atoms with E-state index in [1.54, 1.807) is 0 Å². The SMILES string of the molecule is FOC1OC(C(F)(F)F)COC1C(F)(F)F. The molecule has 0 aromatic heterocycles. The van der Waals surface area contributed by atoms with Crippen molar-refractivity contribution in [2.75, 3.05) is 6.61 Å². The zero-order chi connectivity index (χ0) is 12.6. The molecule has 10 heteroatoms. The molecule has 1 rings (SSSR count). The van der Waals surface area contributed by atoms with Crippen molar-refractivity contribution in [3.8, 4) is 0 Å². The van der Waals surface area contributed by atoms with Gasteiger partial charge in [-0.1, -0.05) is 0 Å². The first-order valence-electron chi connectivity index (χ1n) is 3.84. The Labute approximate surface area is 84.0 Å². The lowest BCUT2D eigenvalue weighted by Gasteiger charge is -2.35. The molecule has 0 aromatic rings. The van der Waals surface area contributed by atoms with Gasteiger partial charge in [0.2, 0.25) is 12.4 Å². The second-order valence-electron chi connectivity index (χ2n) is 2.92. The first-order chi connectivity index (χ1) is 7.16. The second kappa shape index (κ2) is 4.34. The smallest absolute Gasteiger partial charge is 0.361 e. The molecule has 0 aliphatic carbocycles. The summed E-state index contributed by atoms with van der Waals surface area (Å²) in [5.74, 6) is 0. The fraction of sp³-hybridized carbons (Fsp3) is 1.00. The predicted octanol–water partition coefficient (Wildman–Crippen LogP) is 2.12. The minimum Gasteiger partial charge on any atom is -0.361 e. The maximum absolute atomic E-state index is 12.1. The van der Waals surface area contributed by atoms with Gasteiger partial charge in [-0.25, -0.2) is 0 Å². The third-order valence-electron chi connectivity index (χ3n) is 1.75. The van der Waals surface area contributed by atoms with E-state index in [0.717, 1.165) is 0 Å². The molecule has 1 aliphatic rings. The van der Waals surface area contributed by atoms with Crippen LogP contribution in [0.5, 0.6) is 0 Å². The Hall–Kier alpha value is -0.610. The Morgan fingerprint density at radius 2 is 1.56 bits per heavy atom. The van der Waals surface area contributed by atoms with Crippen molar-refractivity contribution in [1.82, 2.24) is 0 Å². The first kappa shape index (κ1) is 13.5. The predicted molar refractivity (Wildman–Crippen MR) is 32.7 cm³/mol. The molecule has 0 saturated carbocycles. The molecule has 16 heavy (non-hydrogen) atoms. The quantitative estimate of drug-likeness (QED) is 0.674. The summed E-state index contributed by atoms with van der Waals surface area (Å²) in [4.78, 5) is 2.69. The molecule has 0 radical (unpaired) electrons. The third-order valence-corrected chi connectivity index (χ3v) is 1.75. The molecule has 1 fully saturated rings. The van der Waals surface area contributed by atoms with Crippen LogP contribution in [0.2, 0.25) is 0 Å². The van der Waals surface area contributed by atoms with Crippen molar-refractivity contribution in [1.29, 1.82) is 0 Å². The van der Waals surface area contributed by atoms with Crippen molar-refractivity contribution in [2.24, 2.45) is 0 Å². The van der Waals surface area contributed by atoms with Crippen LogP contribution in [-0.2, 0) is 14.4 Å². The average Bonchev–Trinajstić information content (AvgIpc) is 2.14. The number of hydrogen-bond donors (Lipinski definition) is 0. The summed E-state index contributed by atoms with van der Waals surface area (Å²) in [6.07, 6.45) is -18.3. The van der Waals surface area contributed by atoms with Gasteiger partial charge < -0.3 is 9.47 Å². The number of halogens is 7. The van der Waals surface area contributed by atoms with E-state index < -0.39 is 37.5 Å². The van der Waals surface area contributed by atoms with Gasteiger partial charge in [0.05, 0.1) is 6.61 Å². The monoisotopic (exact) mass is 258 g/mol. The van der Waals surface area contributed by atoms with Gasteiger partial charge in [0.15, 0.2) is 6.10 Å². The van der Waals surface area contributed by atoms with Gasteiger partial charge in [-0.15, -0.1) is 0 Å². The summed E-state index contributed by atoms with van der Waals surface area (Å²) in [7, 11) is 0. The number of ether oxygens (including phenoxy) is 2. The second-order valence-corrected chi connectivity index (χ2v) is 2.92. The molecule has 3 unspecified atom stereocenters. The summed E-state index contributed by atoms with van der Waals surface area (Å²) in [5.41, 5.74) is 0. The topological polar surface area (TPSA) is 27.7 Å². The molecule has 96 valence electrons. The van der Waals surface area contributed by atoms with E-state index in [0.29, 0.717) is 0 Å². The summed E-state index contributed by atoms with van der Waals surface area (Å²) in [5, 5.41) is 0. The zero-order valence-electron chi connectivity index (χ0n) is 7.31. The van der Waals surface area contributed by atoms with Crippen LogP contribution in [0.3, 0.4) is 0 Å². The van der Waals surface area contributed by atoms with E-state index in [4.69, 9.17) is 0 Å². The summed E-state index contributed by atoms with van der Waals surface area (Å²) in [6, 6.07) is 0. The van der Waals surface area contributed by atoms with Crippen molar-refractivity contribution in [3.05, 3.63) is 0 Å². The zero-order valence-corrected chi connectivity index (χ0v) is 7.31. The number of hydrogen-bond acceptors (Lipinski definition) is 3. The van der Waals surface area contributed by atoms with E-state index in [1.807, 2.05) is 0 Å². The van der Waals surface area contributed by atoms with E-state index in [2.05, 4.69) is 14.4 Å². The van der Waals surface area contributed by atoms with E-state index in [1.165, 1.54) is 0 Å². The summed E-state index contributed by atoms with van der Waals surface area (Å²) in [6.45, 7) is -1.37. The molecule has 0 spiro atoms. The molecule has 0 amide bonds. The normalized spacial score (nSPS) is 32.8. The highest BCUT2D eigenvalue weighted by atomic mass is 19.4. The van der Waals surface area contributed by atoms with Crippen LogP contribution in [0.1, 0.15) is 0 Å². The van der Waals surface area contributed by atoms with Gasteiger partial charge in [-0.05, 0) is 4.53 Å². The molecule has 0 N–H and O–H groups in total. The van der Waals surface area contributed by atoms with Gasteiger partial charge in [0.1, 0.15) is 0 Å². The third kappa shape index (κ3) is 2.95. The maximum atomic E-state index is 12.1. The van der Waals surface area contributed by atoms with Gasteiger partial charge in [-0.2, -0.15) is 31.3 Å². The van der Waals surface area contributed by atoms with Gasteiger partial charge in [0, 0.05) is 0 Å². The average molecular weight is 258 g/mol. The van der Waals surface area contributed by atoms with E-state index in [9.17, 15) is 30.9 Å². The molecule has 0 bridgehead atoms. The van der Waals surface area contributed by atoms with Gasteiger partial charge >= 0.3 is 12.4 Å². The van der Waals surface area contributed by atoms with Gasteiger partial charge in [0.25, 0.3) is 0 Å². The summed E-state index contributed by atoms with van der Waals surface area (Å²) < 4.78 is 91.5. The lowest BCUT2D eigenvalue weighted by atomic mass is 10.2. The van der Waals surface area contributed by atoms with Crippen molar-refractivity contribution in [2.45, 2.75) is 30.9 Å². The Kier molecular flexibility index (Phi) is 3.65. The molecular weight excluding hydrogens is 253 g/mol. The van der Waals surface area contributed by atoms with Crippen LogP contribution in [0.15, 0.2) is 0 Å². The van der Waals surface area contributed by atoms with Crippen LogP contribution < -0.4 is 0 Å². The lowest BCUT2D eigenvalue weighted by Crippen LogP contribution is -2.54.